The fraction of sp³-hybridized carbons (Fsp3) is 0.237. The number of aromatic nitrogens is 1. The van der Waals surface area contributed by atoms with Crippen molar-refractivity contribution < 1.29 is 28.5 Å². The van der Waals surface area contributed by atoms with Crippen molar-refractivity contribution in [3.05, 3.63) is 127 Å². The zero-order valence-electron chi connectivity index (χ0n) is 27.2. The van der Waals surface area contributed by atoms with Crippen LogP contribution in [0.1, 0.15) is 43.5 Å². The molecule has 0 aliphatic carbocycles. The first kappa shape index (κ1) is 32.6. The van der Waals surface area contributed by atoms with Crippen molar-refractivity contribution in [3.8, 4) is 23.0 Å². The zero-order valence-corrected chi connectivity index (χ0v) is 28.0. The molecule has 0 N–H and O–H groups in total. The lowest BCUT2D eigenvalue weighted by atomic mass is 9.97. The molecule has 6 rings (SSSR count). The predicted molar refractivity (Wildman–Crippen MR) is 186 cm³/mol. The van der Waals surface area contributed by atoms with Crippen LogP contribution in [0.3, 0.4) is 0 Å². The minimum Gasteiger partial charge on any atom is -0.490 e. The summed E-state index contributed by atoms with van der Waals surface area (Å²) in [6, 6.07) is 24.7. The molecule has 10 heteroatoms. The molecule has 0 spiro atoms. The minimum atomic E-state index is -0.782. The highest BCUT2D eigenvalue weighted by molar-refractivity contribution is 7.07. The van der Waals surface area contributed by atoms with Gasteiger partial charge in [-0.25, -0.2) is 9.79 Å². The highest BCUT2D eigenvalue weighted by Crippen LogP contribution is 2.35. The number of esters is 1. The molecule has 0 amide bonds. The van der Waals surface area contributed by atoms with E-state index in [1.165, 1.54) is 34.6 Å². The van der Waals surface area contributed by atoms with Crippen LogP contribution in [0.5, 0.6) is 23.0 Å². The molecule has 0 saturated heterocycles. The van der Waals surface area contributed by atoms with Crippen LogP contribution in [0.4, 0.5) is 0 Å². The van der Waals surface area contributed by atoms with Crippen molar-refractivity contribution in [3.63, 3.8) is 0 Å². The van der Waals surface area contributed by atoms with E-state index in [4.69, 9.17) is 23.7 Å². The van der Waals surface area contributed by atoms with Crippen LogP contribution in [0, 0.1) is 0 Å². The molecule has 0 saturated carbocycles. The normalized spacial score (nSPS) is 14.1. The third-order valence-electron chi connectivity index (χ3n) is 7.78. The average molecular weight is 665 g/mol. The van der Waals surface area contributed by atoms with E-state index in [1.807, 2.05) is 57.2 Å². The Hall–Kier alpha value is -5.35. The monoisotopic (exact) mass is 664 g/mol. The van der Waals surface area contributed by atoms with Crippen molar-refractivity contribution in [2.45, 2.75) is 33.4 Å². The largest absolute Gasteiger partial charge is 0.490 e. The van der Waals surface area contributed by atoms with Crippen LogP contribution in [-0.4, -0.2) is 37.5 Å². The summed E-state index contributed by atoms with van der Waals surface area (Å²) in [7, 11) is 1.31. The van der Waals surface area contributed by atoms with Gasteiger partial charge in [0.05, 0.1) is 43.1 Å². The third kappa shape index (κ3) is 6.70. The van der Waals surface area contributed by atoms with E-state index in [-0.39, 0.29) is 11.1 Å². The average Bonchev–Trinajstić information content (AvgIpc) is 3.42. The number of carbonyl (C=O) groups excluding carboxylic acids is 1. The van der Waals surface area contributed by atoms with Crippen molar-refractivity contribution in [1.29, 1.82) is 0 Å². The van der Waals surface area contributed by atoms with Gasteiger partial charge in [-0.05, 0) is 84.6 Å². The fourth-order valence-electron chi connectivity index (χ4n) is 5.63. The van der Waals surface area contributed by atoms with Crippen LogP contribution in [0.25, 0.3) is 16.8 Å². The predicted octanol–water partition coefficient (Wildman–Crippen LogP) is 5.95. The highest BCUT2D eigenvalue weighted by atomic mass is 32.1. The van der Waals surface area contributed by atoms with Gasteiger partial charge in [0.25, 0.3) is 5.56 Å². The van der Waals surface area contributed by atoms with Crippen molar-refractivity contribution in [2.75, 3.05) is 26.9 Å². The summed E-state index contributed by atoms with van der Waals surface area (Å²) < 4.78 is 30.8. The van der Waals surface area contributed by atoms with Gasteiger partial charge in [0.15, 0.2) is 27.8 Å². The van der Waals surface area contributed by atoms with Gasteiger partial charge < -0.3 is 23.7 Å². The molecule has 0 radical (unpaired) electrons. The maximum Gasteiger partial charge on any atom is 0.337 e. The van der Waals surface area contributed by atoms with Crippen molar-refractivity contribution in [1.82, 2.24) is 4.57 Å². The molecule has 2 heterocycles. The summed E-state index contributed by atoms with van der Waals surface area (Å²) >= 11 is 1.24. The lowest BCUT2D eigenvalue weighted by molar-refractivity contribution is -0.136. The molecule has 1 aliphatic heterocycles. The van der Waals surface area contributed by atoms with E-state index in [0.29, 0.717) is 64.3 Å². The summed E-state index contributed by atoms with van der Waals surface area (Å²) in [6.45, 7) is 7.39. The first-order chi connectivity index (χ1) is 23.4. The molecule has 1 aliphatic rings. The van der Waals surface area contributed by atoms with Gasteiger partial charge in [0, 0.05) is 6.20 Å². The molecular formula is C38H36N2O7S. The molecule has 9 nitrogen and oxygen atoms in total. The molecule has 246 valence electrons. The molecular weight excluding hydrogens is 628 g/mol. The Labute approximate surface area is 281 Å². The van der Waals surface area contributed by atoms with Crippen LogP contribution < -0.4 is 33.8 Å². The molecule has 1 aromatic heterocycles. The van der Waals surface area contributed by atoms with Crippen molar-refractivity contribution in [2.24, 2.45) is 4.99 Å². The molecule has 48 heavy (non-hydrogen) atoms. The Morgan fingerprint density at radius 3 is 2.25 bits per heavy atom. The zero-order chi connectivity index (χ0) is 33.6. The van der Waals surface area contributed by atoms with Gasteiger partial charge >= 0.3 is 5.97 Å². The Bertz CT molecular complexity index is 2180. The van der Waals surface area contributed by atoms with Gasteiger partial charge in [-0.1, -0.05) is 59.9 Å². The second-order valence-corrected chi connectivity index (χ2v) is 11.9. The van der Waals surface area contributed by atoms with Gasteiger partial charge in [-0.15, -0.1) is 0 Å². The number of methoxy groups -OCH3 is 1. The number of hydrogen-bond donors (Lipinski definition) is 0. The summed E-state index contributed by atoms with van der Waals surface area (Å²) in [6.07, 6.45) is 3.26. The maximum atomic E-state index is 14.1. The minimum absolute atomic E-state index is 0.231. The quantitative estimate of drug-likeness (QED) is 0.152. The Morgan fingerprint density at radius 2 is 1.50 bits per heavy atom. The maximum absolute atomic E-state index is 14.1. The molecule has 0 bridgehead atoms. The topological polar surface area (TPSA) is 97.6 Å². The summed E-state index contributed by atoms with van der Waals surface area (Å²) in [5.74, 6) is 1.70. The Morgan fingerprint density at radius 1 is 0.812 bits per heavy atom. The standard InChI is InChI=1S/C38H36N2O7S/c1-5-44-30-17-15-28(21-33(30)46-7-3)35-29(37(42)43-4)22-39-38-40(35)36(41)34(48-38)20-24-13-16-31(32(19-24)45-6-2)47-23-25-12-14-26-10-8-9-11-27(26)18-25/h8-22,35H,5-7,23H2,1-4H3/b34-20-/t35-/m0/s1. The third-order valence-corrected chi connectivity index (χ3v) is 8.78. The fourth-order valence-corrected chi connectivity index (χ4v) is 6.60. The van der Waals surface area contributed by atoms with Crippen LogP contribution in [0.2, 0.25) is 0 Å². The Kier molecular flexibility index (Phi) is 9.91. The van der Waals surface area contributed by atoms with Crippen molar-refractivity contribution >= 4 is 34.2 Å². The number of ether oxygens (including phenoxy) is 5. The summed E-state index contributed by atoms with van der Waals surface area (Å²) in [4.78, 5) is 31.9. The van der Waals surface area contributed by atoms with Gasteiger partial charge in [-0.3, -0.25) is 9.36 Å². The highest BCUT2D eigenvalue weighted by Gasteiger charge is 2.31. The van der Waals surface area contributed by atoms with E-state index in [0.717, 1.165) is 16.5 Å². The van der Waals surface area contributed by atoms with E-state index >= 15 is 0 Å². The Balaban J connectivity index is 1.35. The van der Waals surface area contributed by atoms with E-state index < -0.39 is 12.0 Å². The van der Waals surface area contributed by atoms with Gasteiger partial charge in [-0.2, -0.15) is 0 Å². The molecule has 0 fully saturated rings. The van der Waals surface area contributed by atoms with Gasteiger partial charge in [0.1, 0.15) is 6.61 Å². The second kappa shape index (κ2) is 14.6. The summed E-state index contributed by atoms with van der Waals surface area (Å²) in [5, 5.41) is 2.33. The number of carbonyl (C=O) groups is 1. The first-order valence-corrected chi connectivity index (χ1v) is 16.6. The molecule has 5 aromatic rings. The number of hydrogen-bond acceptors (Lipinski definition) is 9. The van der Waals surface area contributed by atoms with Crippen LogP contribution >= 0.6 is 11.3 Å². The lowest BCUT2D eigenvalue weighted by Gasteiger charge is -2.23. The lowest BCUT2D eigenvalue weighted by Crippen LogP contribution is -2.39. The van der Waals surface area contributed by atoms with E-state index in [9.17, 15) is 9.59 Å². The number of benzene rings is 4. The molecule has 0 unspecified atom stereocenters. The van der Waals surface area contributed by atoms with Crippen LogP contribution in [-0.2, 0) is 16.1 Å². The number of thiazole rings is 1. The summed E-state index contributed by atoms with van der Waals surface area (Å²) in [5.41, 5.74) is 2.40. The van der Waals surface area contributed by atoms with Gasteiger partial charge in [0.2, 0.25) is 0 Å². The first-order valence-electron chi connectivity index (χ1n) is 15.8. The second-order valence-electron chi connectivity index (χ2n) is 10.9. The van der Waals surface area contributed by atoms with E-state index in [1.54, 1.807) is 18.2 Å². The van der Waals surface area contributed by atoms with Crippen LogP contribution in [0.15, 0.2) is 100 Å². The SMILES string of the molecule is CCOc1ccc([C@H]2C(C(=O)OC)=CN=c3s/c(=C\c4ccc(OCc5ccc6ccccc6c5)c(OCC)c4)c(=O)n32)cc1OCC. The molecule has 4 aromatic carbocycles. The number of fused-ring (bicyclic) bond motifs is 2. The number of rotatable bonds is 12. The molecule has 1 atom stereocenters. The van der Waals surface area contributed by atoms with E-state index in [2.05, 4.69) is 35.3 Å². The number of nitrogens with zero attached hydrogens (tertiary/aromatic N) is 2. The smallest absolute Gasteiger partial charge is 0.337 e.